The van der Waals surface area contributed by atoms with Crippen LogP contribution in [0.5, 0.6) is 0 Å². The van der Waals surface area contributed by atoms with E-state index < -0.39 is 0 Å². The Bertz CT molecular complexity index is 930. The minimum absolute atomic E-state index is 0.0498. The van der Waals surface area contributed by atoms with Crippen LogP contribution in [0, 0.1) is 6.92 Å². The molecule has 4 rings (SSSR count). The van der Waals surface area contributed by atoms with Crippen molar-refractivity contribution in [3.05, 3.63) is 58.1 Å². The van der Waals surface area contributed by atoms with Gasteiger partial charge in [-0.3, -0.25) is 4.79 Å². The van der Waals surface area contributed by atoms with Crippen molar-refractivity contribution in [3.63, 3.8) is 0 Å². The largest absolute Gasteiger partial charge is 0.327 e. The zero-order valence-electron chi connectivity index (χ0n) is 15.3. The summed E-state index contributed by atoms with van der Waals surface area (Å²) in [5.41, 5.74) is 2.93. The van der Waals surface area contributed by atoms with Crippen LogP contribution in [-0.2, 0) is 4.79 Å². The molecule has 0 saturated carbocycles. The number of quaternary nitrogens is 1. The van der Waals surface area contributed by atoms with Crippen LogP contribution in [0.2, 0.25) is 5.02 Å². The van der Waals surface area contributed by atoms with Gasteiger partial charge >= 0.3 is 0 Å². The molecule has 0 aliphatic carbocycles. The average molecular weight is 401 g/mol. The second-order valence-corrected chi connectivity index (χ2v) is 8.73. The molecule has 140 valence electrons. The van der Waals surface area contributed by atoms with Crippen LogP contribution in [0.1, 0.15) is 29.3 Å². The number of carbonyl (C=O) groups excluding carboxylic acids is 1. The fourth-order valence-corrected chi connectivity index (χ4v) is 4.97. The van der Waals surface area contributed by atoms with Gasteiger partial charge in [0.25, 0.3) is 5.91 Å². The third-order valence-corrected chi connectivity index (χ3v) is 6.67. The van der Waals surface area contributed by atoms with Crippen LogP contribution in [-0.4, -0.2) is 30.5 Å². The first-order valence-electron chi connectivity index (χ1n) is 9.33. The molecule has 0 spiro atoms. The number of para-hydroxylation sites is 1. The average Bonchev–Trinajstić information content (AvgIpc) is 3.09. The maximum absolute atomic E-state index is 12.4. The molecule has 0 bridgehead atoms. The number of carbonyl (C=O) groups is 1. The number of halogens is 1. The van der Waals surface area contributed by atoms with Crippen LogP contribution in [0.25, 0.3) is 10.2 Å². The third-order valence-electron chi connectivity index (χ3n) is 5.24. The van der Waals surface area contributed by atoms with Crippen molar-refractivity contribution in [2.24, 2.45) is 0 Å². The van der Waals surface area contributed by atoms with E-state index in [0.29, 0.717) is 17.5 Å². The lowest BCUT2D eigenvalue weighted by molar-refractivity contribution is -0.897. The van der Waals surface area contributed by atoms with E-state index in [1.165, 1.54) is 14.6 Å². The number of hydrogen-bond donors (Lipinski definition) is 2. The highest BCUT2D eigenvalue weighted by Crippen LogP contribution is 2.31. The molecule has 0 unspecified atom stereocenters. The Hall–Kier alpha value is -1.95. The third kappa shape index (κ3) is 4.32. The quantitative estimate of drug-likeness (QED) is 0.702. The summed E-state index contributed by atoms with van der Waals surface area (Å²) in [5.74, 6) is 0.568. The second-order valence-electron chi connectivity index (χ2n) is 7.23. The van der Waals surface area contributed by atoms with E-state index in [1.807, 2.05) is 42.5 Å². The number of nitrogens with zero attached hydrogens (tertiary/aromatic N) is 1. The van der Waals surface area contributed by atoms with Crippen LogP contribution < -0.4 is 10.2 Å². The van der Waals surface area contributed by atoms with Gasteiger partial charge in [-0.2, -0.15) is 0 Å². The highest BCUT2D eigenvalue weighted by Gasteiger charge is 2.27. The molecule has 2 heterocycles. The van der Waals surface area contributed by atoms with Crippen LogP contribution in [0.15, 0.2) is 42.5 Å². The lowest BCUT2D eigenvalue weighted by Crippen LogP contribution is -3.14. The number of hydrogen-bond acceptors (Lipinski definition) is 3. The van der Waals surface area contributed by atoms with Crippen molar-refractivity contribution in [2.75, 3.05) is 25.0 Å². The summed E-state index contributed by atoms with van der Waals surface area (Å²) in [4.78, 5) is 18.6. The first-order valence-corrected chi connectivity index (χ1v) is 10.5. The zero-order chi connectivity index (χ0) is 18.8. The lowest BCUT2D eigenvalue weighted by Gasteiger charge is -2.27. The normalized spacial score (nSPS) is 19.9. The first-order chi connectivity index (χ1) is 13.1. The first kappa shape index (κ1) is 18.4. The Morgan fingerprint density at radius 1 is 1.26 bits per heavy atom. The van der Waals surface area contributed by atoms with Crippen molar-refractivity contribution < 1.29 is 9.69 Å². The van der Waals surface area contributed by atoms with Crippen molar-refractivity contribution >= 4 is 44.7 Å². The van der Waals surface area contributed by atoms with Gasteiger partial charge in [0.1, 0.15) is 0 Å². The topological polar surface area (TPSA) is 46.4 Å². The highest BCUT2D eigenvalue weighted by atomic mass is 35.5. The summed E-state index contributed by atoms with van der Waals surface area (Å²) in [7, 11) is 0. The van der Waals surface area contributed by atoms with Gasteiger partial charge in [-0.25, -0.2) is 4.98 Å². The summed E-state index contributed by atoms with van der Waals surface area (Å²) < 4.78 is 1.26. The standard InChI is InChI=1S/C21H22ClN3OS/c1-14-6-7-16(22)12-18(14)23-20(26)13-25-10-8-15(9-11-25)21-24-17-4-2-3-5-19(17)27-21/h2-7,12,15H,8-11,13H2,1H3,(H,23,26)/p+1. The van der Waals surface area contributed by atoms with E-state index in [9.17, 15) is 4.79 Å². The molecule has 6 heteroatoms. The number of rotatable bonds is 4. The molecule has 1 saturated heterocycles. The van der Waals surface area contributed by atoms with E-state index in [0.717, 1.165) is 42.7 Å². The molecule has 1 amide bonds. The van der Waals surface area contributed by atoms with Gasteiger partial charge in [0, 0.05) is 29.5 Å². The van der Waals surface area contributed by atoms with E-state index in [1.54, 1.807) is 0 Å². The molecular formula is C21H23ClN3OS+. The van der Waals surface area contributed by atoms with Gasteiger partial charge in [0.05, 0.1) is 28.3 Å². The summed E-state index contributed by atoms with van der Waals surface area (Å²) in [6.07, 6.45) is 2.16. The van der Waals surface area contributed by atoms with Gasteiger partial charge in [0.15, 0.2) is 6.54 Å². The molecule has 0 radical (unpaired) electrons. The van der Waals surface area contributed by atoms with E-state index >= 15 is 0 Å². The molecule has 2 aromatic carbocycles. The van der Waals surface area contributed by atoms with Crippen molar-refractivity contribution in [1.29, 1.82) is 0 Å². The molecule has 1 aliphatic rings. The van der Waals surface area contributed by atoms with E-state index in [4.69, 9.17) is 16.6 Å². The number of amides is 1. The van der Waals surface area contributed by atoms with Gasteiger partial charge in [-0.05, 0) is 36.8 Å². The van der Waals surface area contributed by atoms with Gasteiger partial charge < -0.3 is 10.2 Å². The van der Waals surface area contributed by atoms with Crippen molar-refractivity contribution in [2.45, 2.75) is 25.7 Å². The number of anilines is 1. The number of likely N-dealkylation sites (tertiary alicyclic amines) is 1. The van der Waals surface area contributed by atoms with E-state index in [-0.39, 0.29) is 5.91 Å². The number of benzene rings is 2. The van der Waals surface area contributed by atoms with Crippen LogP contribution >= 0.6 is 22.9 Å². The smallest absolute Gasteiger partial charge is 0.279 e. The highest BCUT2D eigenvalue weighted by molar-refractivity contribution is 7.18. The lowest BCUT2D eigenvalue weighted by atomic mass is 9.97. The van der Waals surface area contributed by atoms with Crippen molar-refractivity contribution in [1.82, 2.24) is 4.98 Å². The molecule has 1 aliphatic heterocycles. The number of piperidine rings is 1. The summed E-state index contributed by atoms with van der Waals surface area (Å²) >= 11 is 7.85. The molecule has 2 N–H and O–H groups in total. The maximum atomic E-state index is 12.4. The predicted octanol–water partition coefficient (Wildman–Crippen LogP) is 3.66. The fourth-order valence-electron chi connectivity index (χ4n) is 3.66. The Labute approximate surface area is 168 Å². The van der Waals surface area contributed by atoms with Crippen molar-refractivity contribution in [3.8, 4) is 0 Å². The summed E-state index contributed by atoms with van der Waals surface area (Å²) in [5, 5.41) is 4.89. The molecule has 4 nitrogen and oxygen atoms in total. The Kier molecular flexibility index (Phi) is 5.43. The zero-order valence-corrected chi connectivity index (χ0v) is 16.9. The predicted molar refractivity (Wildman–Crippen MR) is 112 cm³/mol. The second kappa shape index (κ2) is 7.97. The molecule has 3 aromatic rings. The minimum atomic E-state index is 0.0498. The van der Waals surface area contributed by atoms with Crippen LogP contribution in [0.3, 0.4) is 0 Å². The van der Waals surface area contributed by atoms with Gasteiger partial charge in [-0.1, -0.05) is 29.8 Å². The Morgan fingerprint density at radius 3 is 2.81 bits per heavy atom. The van der Waals surface area contributed by atoms with Crippen LogP contribution in [0.4, 0.5) is 5.69 Å². The minimum Gasteiger partial charge on any atom is -0.327 e. The molecule has 27 heavy (non-hydrogen) atoms. The Morgan fingerprint density at radius 2 is 2.04 bits per heavy atom. The molecule has 1 aromatic heterocycles. The van der Waals surface area contributed by atoms with Gasteiger partial charge in [-0.15, -0.1) is 11.3 Å². The number of nitrogens with one attached hydrogen (secondary N) is 2. The Balaban J connectivity index is 1.32. The number of fused-ring (bicyclic) bond motifs is 1. The SMILES string of the molecule is Cc1ccc(Cl)cc1NC(=O)C[NH+]1CCC(c2nc3ccccc3s2)CC1. The molecule has 1 fully saturated rings. The maximum Gasteiger partial charge on any atom is 0.279 e. The summed E-state index contributed by atoms with van der Waals surface area (Å²) in [6.45, 7) is 4.48. The molecular weight excluding hydrogens is 378 g/mol. The summed E-state index contributed by atoms with van der Waals surface area (Å²) in [6, 6.07) is 13.9. The van der Waals surface area contributed by atoms with E-state index in [2.05, 4.69) is 23.5 Å². The monoisotopic (exact) mass is 400 g/mol. The number of aryl methyl sites for hydroxylation is 1. The molecule has 0 atom stereocenters. The fraction of sp³-hybridized carbons (Fsp3) is 0.333. The van der Waals surface area contributed by atoms with Gasteiger partial charge in [0.2, 0.25) is 0 Å². The number of thiazole rings is 1. The number of aromatic nitrogens is 1.